The minimum atomic E-state index is -5.10. The van der Waals surface area contributed by atoms with Gasteiger partial charge in [0, 0.05) is 6.20 Å². The minimum absolute atomic E-state index is 0.0206. The quantitative estimate of drug-likeness (QED) is 0.832. The van der Waals surface area contributed by atoms with Gasteiger partial charge in [-0.15, -0.1) is 0 Å². The zero-order chi connectivity index (χ0) is 18.8. The number of sulfonamides is 1. The number of rotatable bonds is 3. The zero-order valence-corrected chi connectivity index (χ0v) is 12.8. The number of aromatic nitrogens is 1. The van der Waals surface area contributed by atoms with E-state index in [1.54, 1.807) is 10.8 Å². The van der Waals surface area contributed by atoms with E-state index in [1.807, 2.05) is 0 Å². The molecule has 25 heavy (non-hydrogen) atoms. The molecule has 1 aromatic carbocycles. The summed E-state index contributed by atoms with van der Waals surface area (Å²) >= 11 is 0. The second-order valence-corrected chi connectivity index (χ2v) is 6.30. The number of hydrogen-bond donors (Lipinski definition) is 1. The van der Waals surface area contributed by atoms with Crippen LogP contribution in [0.2, 0.25) is 0 Å². The first-order valence-corrected chi connectivity index (χ1v) is 7.83. The van der Waals surface area contributed by atoms with Crippen molar-refractivity contribution in [3.8, 4) is 6.07 Å². The molecular formula is C14H7F4N3O3S. The van der Waals surface area contributed by atoms with Gasteiger partial charge in [-0.1, -0.05) is 0 Å². The van der Waals surface area contributed by atoms with Crippen LogP contribution < -0.4 is 4.72 Å². The van der Waals surface area contributed by atoms with E-state index in [0.717, 1.165) is 18.3 Å². The molecule has 2 rings (SSSR count). The number of pyridine rings is 1. The zero-order valence-electron chi connectivity index (χ0n) is 12.0. The molecular weight excluding hydrogens is 366 g/mol. The van der Waals surface area contributed by atoms with E-state index in [4.69, 9.17) is 5.26 Å². The number of nitrogens with zero attached hydrogens (tertiary/aromatic N) is 2. The lowest BCUT2D eigenvalue weighted by Crippen LogP contribution is -2.31. The second-order valence-electron chi connectivity index (χ2n) is 4.62. The van der Waals surface area contributed by atoms with Crippen LogP contribution >= 0.6 is 0 Å². The van der Waals surface area contributed by atoms with E-state index in [-0.39, 0.29) is 17.3 Å². The van der Waals surface area contributed by atoms with Crippen LogP contribution in [-0.2, 0) is 16.2 Å². The number of halogens is 4. The van der Waals surface area contributed by atoms with Crippen LogP contribution in [-0.4, -0.2) is 19.3 Å². The maximum absolute atomic E-state index is 13.2. The molecule has 1 amide bonds. The van der Waals surface area contributed by atoms with Crippen molar-refractivity contribution < 1.29 is 30.8 Å². The number of nitrogens with one attached hydrogen (secondary N) is 1. The molecule has 11 heteroatoms. The van der Waals surface area contributed by atoms with Gasteiger partial charge in [0.25, 0.3) is 15.9 Å². The third-order valence-corrected chi connectivity index (χ3v) is 4.25. The van der Waals surface area contributed by atoms with Crippen molar-refractivity contribution in [3.05, 3.63) is 59.2 Å². The van der Waals surface area contributed by atoms with E-state index in [2.05, 4.69) is 4.98 Å². The van der Waals surface area contributed by atoms with Gasteiger partial charge in [0.05, 0.1) is 16.0 Å². The molecule has 1 N–H and O–H groups in total. The standard InChI is InChI=1S/C14H7F4N3O3S/c15-12-4-3-10(5-11(12)14(16,17)18)25(23,24)21-13(22)8-1-2-9(6-19)20-7-8/h1-5,7H,(H,21,22). The molecule has 0 bridgehead atoms. The Morgan fingerprint density at radius 3 is 2.40 bits per heavy atom. The Kier molecular flexibility index (Phi) is 4.75. The molecule has 0 spiro atoms. The van der Waals surface area contributed by atoms with Gasteiger partial charge in [-0.05, 0) is 30.3 Å². The van der Waals surface area contributed by atoms with Crippen LogP contribution in [0.3, 0.4) is 0 Å². The van der Waals surface area contributed by atoms with Crippen LogP contribution in [0.5, 0.6) is 0 Å². The molecule has 0 atom stereocenters. The van der Waals surface area contributed by atoms with Crippen molar-refractivity contribution in [2.75, 3.05) is 0 Å². The summed E-state index contributed by atoms with van der Waals surface area (Å²) in [6.45, 7) is 0. The summed E-state index contributed by atoms with van der Waals surface area (Å²) in [5.41, 5.74) is -2.03. The molecule has 0 aliphatic heterocycles. The molecule has 0 saturated heterocycles. The number of alkyl halides is 3. The topological polar surface area (TPSA) is 99.9 Å². The van der Waals surface area contributed by atoms with Crippen LogP contribution in [0.15, 0.2) is 41.4 Å². The highest BCUT2D eigenvalue weighted by atomic mass is 32.2. The third-order valence-electron chi connectivity index (χ3n) is 2.92. The fraction of sp³-hybridized carbons (Fsp3) is 0.0714. The van der Waals surface area contributed by atoms with Gasteiger partial charge in [0.1, 0.15) is 17.6 Å². The highest BCUT2D eigenvalue weighted by molar-refractivity contribution is 7.90. The summed E-state index contributed by atoms with van der Waals surface area (Å²) in [6, 6.07) is 4.98. The fourth-order valence-corrected chi connectivity index (χ4v) is 2.72. The predicted octanol–water partition coefficient (Wildman–Crippen LogP) is 2.23. The predicted molar refractivity (Wildman–Crippen MR) is 75.0 cm³/mol. The summed E-state index contributed by atoms with van der Waals surface area (Å²) in [5, 5.41) is 8.58. The first kappa shape index (κ1) is 18.3. The number of benzene rings is 1. The van der Waals surface area contributed by atoms with Gasteiger partial charge in [0.15, 0.2) is 0 Å². The van der Waals surface area contributed by atoms with E-state index < -0.39 is 38.4 Å². The van der Waals surface area contributed by atoms with Crippen LogP contribution in [0.1, 0.15) is 21.6 Å². The number of hydrogen-bond acceptors (Lipinski definition) is 5. The number of nitriles is 1. The summed E-state index contributed by atoms with van der Waals surface area (Å²) in [4.78, 5) is 14.5. The summed E-state index contributed by atoms with van der Waals surface area (Å²) < 4.78 is 76.8. The molecule has 0 radical (unpaired) electrons. The van der Waals surface area contributed by atoms with Crippen molar-refractivity contribution in [1.82, 2.24) is 9.71 Å². The molecule has 0 saturated carbocycles. The maximum atomic E-state index is 13.2. The summed E-state index contributed by atoms with van der Waals surface area (Å²) in [7, 11) is -4.68. The second kappa shape index (κ2) is 6.48. The van der Waals surface area contributed by atoms with Crippen LogP contribution in [0, 0.1) is 17.1 Å². The van der Waals surface area contributed by atoms with Crippen molar-refractivity contribution in [2.24, 2.45) is 0 Å². The lowest BCUT2D eigenvalue weighted by molar-refractivity contribution is -0.140. The van der Waals surface area contributed by atoms with Gasteiger partial charge in [-0.2, -0.15) is 18.4 Å². The van der Waals surface area contributed by atoms with Crippen LogP contribution in [0.25, 0.3) is 0 Å². The van der Waals surface area contributed by atoms with E-state index in [0.29, 0.717) is 12.1 Å². The Morgan fingerprint density at radius 2 is 1.88 bits per heavy atom. The van der Waals surface area contributed by atoms with Crippen molar-refractivity contribution in [2.45, 2.75) is 11.1 Å². The van der Waals surface area contributed by atoms with Crippen LogP contribution in [0.4, 0.5) is 17.6 Å². The minimum Gasteiger partial charge on any atom is -0.268 e. The smallest absolute Gasteiger partial charge is 0.268 e. The third kappa shape index (κ3) is 4.10. The van der Waals surface area contributed by atoms with Gasteiger partial charge in [-0.3, -0.25) is 4.79 Å². The first-order valence-electron chi connectivity index (χ1n) is 6.34. The maximum Gasteiger partial charge on any atom is 0.419 e. The number of carbonyl (C=O) groups is 1. The van der Waals surface area contributed by atoms with Gasteiger partial charge in [-0.25, -0.2) is 22.5 Å². The Labute approximate surface area is 138 Å². The molecule has 6 nitrogen and oxygen atoms in total. The number of carbonyl (C=O) groups excluding carboxylic acids is 1. The van der Waals surface area contributed by atoms with Gasteiger partial charge >= 0.3 is 6.18 Å². The van der Waals surface area contributed by atoms with E-state index >= 15 is 0 Å². The lowest BCUT2D eigenvalue weighted by Gasteiger charge is -2.11. The highest BCUT2D eigenvalue weighted by Crippen LogP contribution is 2.32. The average molecular weight is 373 g/mol. The largest absolute Gasteiger partial charge is 0.419 e. The van der Waals surface area contributed by atoms with E-state index in [9.17, 15) is 30.8 Å². The summed E-state index contributed by atoms with van der Waals surface area (Å²) in [6.07, 6.45) is -4.17. The van der Waals surface area contributed by atoms with Crippen molar-refractivity contribution in [1.29, 1.82) is 5.26 Å². The van der Waals surface area contributed by atoms with E-state index in [1.165, 1.54) is 0 Å². The molecule has 2 aromatic rings. The van der Waals surface area contributed by atoms with Gasteiger partial charge < -0.3 is 0 Å². The average Bonchev–Trinajstić information content (AvgIpc) is 2.53. The van der Waals surface area contributed by atoms with Crippen molar-refractivity contribution in [3.63, 3.8) is 0 Å². The lowest BCUT2D eigenvalue weighted by atomic mass is 10.2. The normalized spacial score (nSPS) is 11.6. The molecule has 0 unspecified atom stereocenters. The Hall–Kier alpha value is -3.00. The molecule has 1 heterocycles. The molecule has 130 valence electrons. The Bertz CT molecular complexity index is 964. The fourth-order valence-electron chi connectivity index (χ4n) is 1.72. The molecule has 0 aliphatic carbocycles. The highest BCUT2D eigenvalue weighted by Gasteiger charge is 2.35. The molecule has 0 fully saturated rings. The summed E-state index contributed by atoms with van der Waals surface area (Å²) in [5.74, 6) is -2.82. The Morgan fingerprint density at radius 1 is 1.20 bits per heavy atom. The SMILES string of the molecule is N#Cc1ccc(C(=O)NS(=O)(=O)c2ccc(F)c(C(F)(F)F)c2)cn1. The molecule has 0 aliphatic rings. The Balaban J connectivity index is 2.33. The number of amides is 1. The molecule has 1 aromatic heterocycles. The first-order chi connectivity index (χ1) is 11.5. The monoisotopic (exact) mass is 373 g/mol. The van der Waals surface area contributed by atoms with Gasteiger partial charge in [0.2, 0.25) is 0 Å². The van der Waals surface area contributed by atoms with Crippen molar-refractivity contribution >= 4 is 15.9 Å².